The van der Waals surface area contributed by atoms with E-state index in [1.807, 2.05) is 66.2 Å². The second-order valence-electron chi connectivity index (χ2n) is 5.45. The molecule has 0 bridgehead atoms. The van der Waals surface area contributed by atoms with Crippen molar-refractivity contribution in [1.29, 1.82) is 0 Å². The van der Waals surface area contributed by atoms with Gasteiger partial charge in [-0.1, -0.05) is 30.8 Å². The first-order chi connectivity index (χ1) is 11.7. The zero-order chi connectivity index (χ0) is 16.9. The molecule has 0 aliphatic heterocycles. The first-order valence-electron chi connectivity index (χ1n) is 7.76. The minimum Gasteiger partial charge on any atom is -0.497 e. The average Bonchev–Trinajstić information content (AvgIpc) is 3.16. The number of aromatic nitrogens is 2. The van der Waals surface area contributed by atoms with Crippen molar-refractivity contribution in [3.05, 3.63) is 85.0 Å². The lowest BCUT2D eigenvalue weighted by molar-refractivity contribution is 0.226. The summed E-state index contributed by atoms with van der Waals surface area (Å²) in [6.07, 6.45) is 5.24. The molecule has 0 saturated carbocycles. The van der Waals surface area contributed by atoms with Gasteiger partial charge in [-0.2, -0.15) is 0 Å². The van der Waals surface area contributed by atoms with Crippen molar-refractivity contribution >= 4 is 5.70 Å². The van der Waals surface area contributed by atoms with E-state index < -0.39 is 0 Å². The topological polar surface area (TPSA) is 36.3 Å². The summed E-state index contributed by atoms with van der Waals surface area (Å²) in [5.74, 6) is 1.62. The lowest BCUT2D eigenvalue weighted by atomic mass is 10.1. The fraction of sp³-hybridized carbons (Fsp3) is 0.150. The second kappa shape index (κ2) is 7.04. The molecular weight excluding hydrogens is 300 g/mol. The number of methoxy groups -OCH3 is 1. The van der Waals surface area contributed by atoms with E-state index in [1.165, 1.54) is 0 Å². The molecule has 4 heteroatoms. The Kier molecular flexibility index (Phi) is 4.66. The summed E-state index contributed by atoms with van der Waals surface area (Å²) in [7, 11) is 1.66. The highest BCUT2D eigenvalue weighted by Crippen LogP contribution is 2.30. The molecule has 3 rings (SSSR count). The van der Waals surface area contributed by atoms with Crippen LogP contribution in [0.3, 0.4) is 0 Å². The molecule has 0 fully saturated rings. The molecule has 1 atom stereocenters. The zero-order valence-corrected chi connectivity index (χ0v) is 13.8. The molecule has 0 amide bonds. The fourth-order valence-electron chi connectivity index (χ4n) is 2.50. The van der Waals surface area contributed by atoms with Crippen molar-refractivity contribution in [2.45, 2.75) is 13.0 Å². The molecule has 3 aromatic rings. The first-order valence-corrected chi connectivity index (χ1v) is 7.76. The summed E-state index contributed by atoms with van der Waals surface area (Å²) in [5, 5.41) is 0. The van der Waals surface area contributed by atoms with E-state index in [4.69, 9.17) is 9.47 Å². The fourth-order valence-corrected chi connectivity index (χ4v) is 2.50. The van der Waals surface area contributed by atoms with Crippen molar-refractivity contribution in [3.8, 4) is 11.5 Å². The molecule has 1 heterocycles. The van der Waals surface area contributed by atoms with Gasteiger partial charge in [0.15, 0.2) is 0 Å². The maximum absolute atomic E-state index is 6.19. The third-order valence-electron chi connectivity index (χ3n) is 3.90. The Morgan fingerprint density at radius 1 is 1.12 bits per heavy atom. The standard InChI is InChI=1S/C20H20N2O2/c1-15(22-13-12-21-14-22)19-6-4-5-7-20(19)24-16(2)17-8-10-18(23-3)11-9-17/h4-14,16H,1H2,2-3H3. The normalized spacial score (nSPS) is 11.8. The number of ether oxygens (including phenoxy) is 2. The summed E-state index contributed by atoms with van der Waals surface area (Å²) >= 11 is 0. The molecule has 2 aromatic carbocycles. The van der Waals surface area contributed by atoms with Gasteiger partial charge in [0.25, 0.3) is 0 Å². The van der Waals surface area contributed by atoms with Crippen LogP contribution in [0.15, 0.2) is 73.8 Å². The Morgan fingerprint density at radius 3 is 2.54 bits per heavy atom. The summed E-state index contributed by atoms with van der Waals surface area (Å²) < 4.78 is 13.3. The number of hydrogen-bond acceptors (Lipinski definition) is 3. The van der Waals surface area contributed by atoms with Gasteiger partial charge in [0.2, 0.25) is 0 Å². The lowest BCUT2D eigenvalue weighted by Gasteiger charge is -2.19. The van der Waals surface area contributed by atoms with Crippen LogP contribution in [0.4, 0.5) is 0 Å². The van der Waals surface area contributed by atoms with Gasteiger partial charge >= 0.3 is 0 Å². The smallest absolute Gasteiger partial charge is 0.129 e. The number of imidazole rings is 1. The number of hydrogen-bond donors (Lipinski definition) is 0. The van der Waals surface area contributed by atoms with Crippen LogP contribution < -0.4 is 9.47 Å². The summed E-state index contributed by atoms with van der Waals surface area (Å²) in [6, 6.07) is 15.8. The minimum absolute atomic E-state index is 0.0901. The highest BCUT2D eigenvalue weighted by molar-refractivity contribution is 5.68. The van der Waals surface area contributed by atoms with Gasteiger partial charge < -0.3 is 14.0 Å². The largest absolute Gasteiger partial charge is 0.497 e. The van der Waals surface area contributed by atoms with Crippen LogP contribution in [0, 0.1) is 0 Å². The summed E-state index contributed by atoms with van der Waals surface area (Å²) in [4.78, 5) is 4.07. The molecule has 0 aliphatic rings. The SMILES string of the molecule is C=C(c1ccccc1OC(C)c1ccc(OC)cc1)n1ccnc1. The second-order valence-corrected chi connectivity index (χ2v) is 5.45. The predicted molar refractivity (Wildman–Crippen MR) is 95.1 cm³/mol. The Bertz CT molecular complexity index is 808. The summed E-state index contributed by atoms with van der Waals surface area (Å²) in [5.41, 5.74) is 2.85. The number of para-hydroxylation sites is 1. The van der Waals surface area contributed by atoms with Crippen molar-refractivity contribution in [1.82, 2.24) is 9.55 Å². The molecule has 0 spiro atoms. The van der Waals surface area contributed by atoms with Crippen LogP contribution in [0.2, 0.25) is 0 Å². The Morgan fingerprint density at radius 2 is 1.88 bits per heavy atom. The monoisotopic (exact) mass is 320 g/mol. The molecule has 4 nitrogen and oxygen atoms in total. The van der Waals surface area contributed by atoms with Crippen molar-refractivity contribution in [2.24, 2.45) is 0 Å². The molecule has 1 aromatic heterocycles. The van der Waals surface area contributed by atoms with Crippen molar-refractivity contribution in [3.63, 3.8) is 0 Å². The Labute approximate surface area is 142 Å². The van der Waals surface area contributed by atoms with Crippen LogP contribution in [-0.4, -0.2) is 16.7 Å². The van der Waals surface area contributed by atoms with E-state index in [0.717, 1.165) is 28.3 Å². The molecule has 1 unspecified atom stereocenters. The van der Waals surface area contributed by atoms with Crippen LogP contribution in [0.5, 0.6) is 11.5 Å². The highest BCUT2D eigenvalue weighted by Gasteiger charge is 2.13. The molecule has 0 N–H and O–H groups in total. The Hall–Kier alpha value is -3.01. The van der Waals surface area contributed by atoms with Gasteiger partial charge in [0, 0.05) is 18.0 Å². The molecule has 0 saturated heterocycles. The third kappa shape index (κ3) is 3.33. The van der Waals surface area contributed by atoms with E-state index in [0.29, 0.717) is 0 Å². The van der Waals surface area contributed by atoms with Gasteiger partial charge in [-0.15, -0.1) is 0 Å². The van der Waals surface area contributed by atoms with Crippen molar-refractivity contribution < 1.29 is 9.47 Å². The lowest BCUT2D eigenvalue weighted by Crippen LogP contribution is -2.06. The maximum Gasteiger partial charge on any atom is 0.129 e. The van der Waals surface area contributed by atoms with Gasteiger partial charge in [0.05, 0.1) is 19.1 Å². The summed E-state index contributed by atoms with van der Waals surface area (Å²) in [6.45, 7) is 6.18. The minimum atomic E-state index is -0.0901. The van der Waals surface area contributed by atoms with Gasteiger partial charge in [-0.25, -0.2) is 4.98 Å². The van der Waals surface area contributed by atoms with Crippen LogP contribution in [0.25, 0.3) is 5.70 Å². The average molecular weight is 320 g/mol. The predicted octanol–water partition coefficient (Wildman–Crippen LogP) is 4.55. The zero-order valence-electron chi connectivity index (χ0n) is 13.8. The highest BCUT2D eigenvalue weighted by atomic mass is 16.5. The number of benzene rings is 2. The van der Waals surface area contributed by atoms with E-state index in [9.17, 15) is 0 Å². The maximum atomic E-state index is 6.19. The van der Waals surface area contributed by atoms with Gasteiger partial charge in [-0.05, 0) is 36.8 Å². The van der Waals surface area contributed by atoms with Crippen LogP contribution in [-0.2, 0) is 0 Å². The first kappa shape index (κ1) is 15.9. The van der Waals surface area contributed by atoms with Crippen LogP contribution >= 0.6 is 0 Å². The molecule has 122 valence electrons. The quantitative estimate of drug-likeness (QED) is 0.668. The number of nitrogens with zero attached hydrogens (tertiary/aromatic N) is 2. The van der Waals surface area contributed by atoms with Crippen LogP contribution in [0.1, 0.15) is 24.2 Å². The molecular formula is C20H20N2O2. The van der Waals surface area contributed by atoms with E-state index >= 15 is 0 Å². The molecule has 0 aliphatic carbocycles. The Balaban J connectivity index is 1.83. The van der Waals surface area contributed by atoms with Crippen molar-refractivity contribution in [2.75, 3.05) is 7.11 Å². The van der Waals surface area contributed by atoms with E-state index in [1.54, 1.807) is 19.6 Å². The molecule has 24 heavy (non-hydrogen) atoms. The number of rotatable bonds is 6. The molecule has 0 radical (unpaired) electrons. The third-order valence-corrected chi connectivity index (χ3v) is 3.90. The van der Waals surface area contributed by atoms with Gasteiger partial charge in [-0.3, -0.25) is 0 Å². The van der Waals surface area contributed by atoms with Gasteiger partial charge in [0.1, 0.15) is 17.6 Å². The van der Waals surface area contributed by atoms with E-state index in [-0.39, 0.29) is 6.10 Å². The van der Waals surface area contributed by atoms with E-state index in [2.05, 4.69) is 11.6 Å².